The molecule has 8 atom stereocenters. The topological polar surface area (TPSA) is 183 Å². The Kier molecular flexibility index (Phi) is 16.1. The number of aliphatic hydroxyl groups is 5. The summed E-state index contributed by atoms with van der Waals surface area (Å²) in [5.74, 6) is -1.52. The molecule has 1 aliphatic rings. The molecule has 5 unspecified atom stereocenters. The lowest BCUT2D eigenvalue weighted by Gasteiger charge is -2.39. The number of unbranched alkanes of at least 4 members (excludes halogenated alkanes) is 11. The zero-order valence-electron chi connectivity index (χ0n) is 20.5. The Bertz CT molecular complexity index is 539. The minimum atomic E-state index is -1.82. The van der Waals surface area contributed by atoms with Crippen molar-refractivity contribution in [3.05, 3.63) is 0 Å². The lowest BCUT2D eigenvalue weighted by atomic mass is 9.98. The smallest absolute Gasteiger partial charge is 0.335 e. The number of hydrogen-bond donors (Lipinski definition) is 7. The molecule has 1 saturated heterocycles. The molecule has 1 heterocycles. The van der Waals surface area contributed by atoms with Crippen molar-refractivity contribution in [2.24, 2.45) is 5.73 Å². The first-order valence-corrected chi connectivity index (χ1v) is 12.9. The fourth-order valence-corrected chi connectivity index (χ4v) is 4.14. The van der Waals surface area contributed by atoms with Gasteiger partial charge in [-0.25, -0.2) is 4.79 Å². The zero-order valence-corrected chi connectivity index (χ0v) is 20.5. The summed E-state index contributed by atoms with van der Waals surface area (Å²) in [4.78, 5) is 11.1. The van der Waals surface area contributed by atoms with E-state index in [-0.39, 0.29) is 6.61 Å². The van der Waals surface area contributed by atoms with E-state index in [1.165, 1.54) is 57.8 Å². The van der Waals surface area contributed by atoms with Crippen molar-refractivity contribution in [3.8, 4) is 0 Å². The van der Waals surface area contributed by atoms with E-state index in [2.05, 4.69) is 6.92 Å². The number of carbonyl (C=O) groups is 1. The highest BCUT2D eigenvalue weighted by Gasteiger charge is 2.47. The summed E-state index contributed by atoms with van der Waals surface area (Å²) < 4.78 is 10.2. The van der Waals surface area contributed by atoms with Crippen LogP contribution in [0.1, 0.15) is 90.4 Å². The second-order valence-electron chi connectivity index (χ2n) is 9.47. The van der Waals surface area contributed by atoms with Crippen molar-refractivity contribution in [1.29, 1.82) is 0 Å². The van der Waals surface area contributed by atoms with Gasteiger partial charge in [-0.1, -0.05) is 84.0 Å². The molecule has 8 N–H and O–H groups in total. The summed E-state index contributed by atoms with van der Waals surface area (Å²) in [6.45, 7) is 1.87. The van der Waals surface area contributed by atoms with Crippen LogP contribution in [0, 0.1) is 0 Å². The van der Waals surface area contributed by atoms with Crippen LogP contribution in [-0.4, -0.2) is 92.2 Å². The van der Waals surface area contributed by atoms with Crippen LogP contribution in [0.2, 0.25) is 0 Å². The number of hydrogen-bond acceptors (Lipinski definition) is 9. The Labute approximate surface area is 203 Å². The minimum Gasteiger partial charge on any atom is -0.479 e. The number of aliphatic carboxylic acids is 1. The maximum atomic E-state index is 11.1. The Morgan fingerprint density at radius 1 is 0.853 bits per heavy atom. The van der Waals surface area contributed by atoms with Crippen molar-refractivity contribution in [3.63, 3.8) is 0 Å². The highest BCUT2D eigenvalue weighted by Crippen LogP contribution is 2.23. The number of carboxylic acid groups (broad SMARTS) is 1. The maximum absolute atomic E-state index is 11.1. The fourth-order valence-electron chi connectivity index (χ4n) is 4.14. The van der Waals surface area contributed by atoms with Gasteiger partial charge in [0, 0.05) is 0 Å². The number of nitrogens with two attached hydrogens (primary N) is 1. The number of carboxylic acids is 1. The predicted octanol–water partition coefficient (Wildman–Crippen LogP) is 1.04. The van der Waals surface area contributed by atoms with E-state index in [0.29, 0.717) is 6.42 Å². The molecule has 0 amide bonds. The first kappa shape index (κ1) is 31.2. The first-order valence-electron chi connectivity index (χ1n) is 12.9. The van der Waals surface area contributed by atoms with Gasteiger partial charge in [-0.05, 0) is 6.42 Å². The molecule has 10 heteroatoms. The van der Waals surface area contributed by atoms with Gasteiger partial charge in [0.2, 0.25) is 0 Å². The molecule has 0 aromatic rings. The SMILES string of the molecule is CCCCCCCCCCCCCC[C@@H](O)[C@@H](O)[C@@H](N)COC1OC(C(=O)O)C(O)C(O)C1O. The van der Waals surface area contributed by atoms with E-state index in [1.807, 2.05) is 0 Å². The molecular formula is C24H47NO9. The van der Waals surface area contributed by atoms with Gasteiger partial charge in [0.25, 0.3) is 0 Å². The number of aliphatic hydroxyl groups excluding tert-OH is 5. The second kappa shape index (κ2) is 17.6. The molecule has 202 valence electrons. The standard InChI is InChI=1S/C24H47NO9/c1-2-3-4-5-6-7-8-9-10-11-12-13-14-17(26)18(27)16(25)15-33-24-21(30)19(28)20(29)22(34-24)23(31)32/h16-22,24,26-30H,2-15,25H2,1H3,(H,31,32)/t16-,17+,18-,19?,20?,21?,22?,24?/m0/s1. The van der Waals surface area contributed by atoms with E-state index in [4.69, 9.17) is 20.3 Å². The van der Waals surface area contributed by atoms with E-state index >= 15 is 0 Å². The van der Waals surface area contributed by atoms with Crippen molar-refractivity contribution in [1.82, 2.24) is 0 Å². The monoisotopic (exact) mass is 493 g/mol. The highest BCUT2D eigenvalue weighted by atomic mass is 16.7. The number of rotatable bonds is 19. The van der Waals surface area contributed by atoms with Gasteiger partial charge in [-0.15, -0.1) is 0 Å². The van der Waals surface area contributed by atoms with Gasteiger partial charge >= 0.3 is 5.97 Å². The third kappa shape index (κ3) is 11.3. The van der Waals surface area contributed by atoms with E-state index in [9.17, 15) is 30.3 Å². The Morgan fingerprint density at radius 3 is 1.85 bits per heavy atom. The first-order chi connectivity index (χ1) is 16.2. The van der Waals surface area contributed by atoms with Crippen LogP contribution in [0.25, 0.3) is 0 Å². The van der Waals surface area contributed by atoms with Gasteiger partial charge in [-0.3, -0.25) is 0 Å². The largest absolute Gasteiger partial charge is 0.479 e. The third-order valence-electron chi connectivity index (χ3n) is 6.45. The van der Waals surface area contributed by atoms with Crippen LogP contribution in [0.5, 0.6) is 0 Å². The second-order valence-corrected chi connectivity index (χ2v) is 9.47. The summed E-state index contributed by atoms with van der Waals surface area (Å²) in [6.07, 6.45) is 3.84. The average molecular weight is 494 g/mol. The van der Waals surface area contributed by atoms with Gasteiger partial charge < -0.3 is 45.8 Å². The Hall–Kier alpha value is -0.850. The molecule has 0 spiro atoms. The molecule has 0 radical (unpaired) electrons. The molecule has 0 aromatic heterocycles. The van der Waals surface area contributed by atoms with Crippen LogP contribution in [0.15, 0.2) is 0 Å². The molecule has 1 rings (SSSR count). The normalized spacial score (nSPS) is 27.9. The quantitative estimate of drug-likeness (QED) is 0.128. The summed E-state index contributed by atoms with van der Waals surface area (Å²) in [5.41, 5.74) is 5.87. The minimum absolute atomic E-state index is 0.354. The summed E-state index contributed by atoms with van der Waals surface area (Å²) in [5, 5.41) is 58.9. The average Bonchev–Trinajstić information content (AvgIpc) is 2.81. The molecule has 1 aliphatic heterocycles. The lowest BCUT2D eigenvalue weighted by Crippen LogP contribution is -2.61. The summed E-state index contributed by atoms with van der Waals surface area (Å²) >= 11 is 0. The molecule has 1 fully saturated rings. The molecule has 0 bridgehead atoms. The van der Waals surface area contributed by atoms with Crippen molar-refractivity contribution < 1.29 is 44.9 Å². The van der Waals surface area contributed by atoms with Crippen LogP contribution in [0.3, 0.4) is 0 Å². The van der Waals surface area contributed by atoms with Gasteiger partial charge in [-0.2, -0.15) is 0 Å². The van der Waals surface area contributed by atoms with Crippen molar-refractivity contribution >= 4 is 5.97 Å². The van der Waals surface area contributed by atoms with E-state index in [0.717, 1.165) is 19.3 Å². The van der Waals surface area contributed by atoms with E-state index < -0.39 is 54.9 Å². The Morgan fingerprint density at radius 2 is 1.35 bits per heavy atom. The summed E-state index contributed by atoms with van der Waals surface area (Å²) in [7, 11) is 0. The lowest BCUT2D eigenvalue weighted by molar-refractivity contribution is -0.295. The van der Waals surface area contributed by atoms with Gasteiger partial charge in [0.15, 0.2) is 12.4 Å². The summed E-state index contributed by atoms with van der Waals surface area (Å²) in [6, 6.07) is -1.02. The van der Waals surface area contributed by atoms with Gasteiger partial charge in [0.05, 0.1) is 24.9 Å². The molecule has 0 saturated carbocycles. The molecular weight excluding hydrogens is 446 g/mol. The Balaban J connectivity index is 2.17. The number of ether oxygens (including phenoxy) is 2. The van der Waals surface area contributed by atoms with Gasteiger partial charge in [0.1, 0.15) is 18.3 Å². The van der Waals surface area contributed by atoms with E-state index in [1.54, 1.807) is 0 Å². The predicted molar refractivity (Wildman–Crippen MR) is 126 cm³/mol. The molecule has 0 aromatic carbocycles. The van der Waals surface area contributed by atoms with Crippen LogP contribution < -0.4 is 5.73 Å². The molecule has 34 heavy (non-hydrogen) atoms. The van der Waals surface area contributed by atoms with Crippen molar-refractivity contribution in [2.45, 2.75) is 139 Å². The van der Waals surface area contributed by atoms with Crippen LogP contribution in [-0.2, 0) is 14.3 Å². The zero-order chi connectivity index (χ0) is 25.5. The third-order valence-corrected chi connectivity index (χ3v) is 6.45. The van der Waals surface area contributed by atoms with Crippen molar-refractivity contribution in [2.75, 3.05) is 6.61 Å². The van der Waals surface area contributed by atoms with Crippen LogP contribution >= 0.6 is 0 Å². The van der Waals surface area contributed by atoms with Crippen LogP contribution in [0.4, 0.5) is 0 Å². The highest BCUT2D eigenvalue weighted by molar-refractivity contribution is 5.73. The fraction of sp³-hybridized carbons (Fsp3) is 0.958. The molecule has 10 nitrogen and oxygen atoms in total. The molecule has 0 aliphatic carbocycles. The maximum Gasteiger partial charge on any atom is 0.335 e.